The van der Waals surface area contributed by atoms with E-state index in [0.29, 0.717) is 23.4 Å². The van der Waals surface area contributed by atoms with E-state index in [9.17, 15) is 39.6 Å². The zero-order valence-electron chi connectivity index (χ0n) is 23.5. The molecule has 1 saturated carbocycles. The molecule has 7 atom stereocenters. The van der Waals surface area contributed by atoms with Crippen molar-refractivity contribution >= 4 is 40.8 Å². The highest BCUT2D eigenvalue weighted by molar-refractivity contribution is 6.24. The van der Waals surface area contributed by atoms with Gasteiger partial charge in [-0.2, -0.15) is 0 Å². The minimum atomic E-state index is -2.97. The van der Waals surface area contributed by atoms with Gasteiger partial charge in [-0.25, -0.2) is 0 Å². The lowest BCUT2D eigenvalue weighted by molar-refractivity contribution is -0.185. The van der Waals surface area contributed by atoms with Gasteiger partial charge in [0.05, 0.1) is 17.5 Å². The Morgan fingerprint density at radius 3 is 2.37 bits per heavy atom. The van der Waals surface area contributed by atoms with Crippen molar-refractivity contribution in [3.05, 3.63) is 45.7 Å². The topological polar surface area (TPSA) is 188 Å². The summed E-state index contributed by atoms with van der Waals surface area (Å²) in [6.45, 7) is 5.13. The number of carbonyl (C=O) groups excluding carboxylic acids is 4. The van der Waals surface area contributed by atoms with E-state index in [4.69, 9.17) is 22.1 Å². The van der Waals surface area contributed by atoms with Crippen LogP contribution in [-0.4, -0.2) is 86.5 Å². The van der Waals surface area contributed by atoms with Crippen LogP contribution < -0.4 is 5.73 Å². The first kappa shape index (κ1) is 30.5. The molecule has 3 aliphatic carbocycles. The number of phenols is 1. The molecule has 1 aromatic rings. The third-order valence-electron chi connectivity index (χ3n) is 8.57. The number of amides is 1. The number of nitrogens with two attached hydrogens (primary N) is 1. The quantitative estimate of drug-likeness (QED) is 0.178. The lowest BCUT2D eigenvalue weighted by Crippen LogP contribution is -2.71. The van der Waals surface area contributed by atoms with Gasteiger partial charge in [-0.3, -0.25) is 24.1 Å². The predicted octanol–water partition coefficient (Wildman–Crippen LogP) is 1.87. The van der Waals surface area contributed by atoms with Crippen LogP contribution in [0.1, 0.15) is 49.8 Å². The van der Waals surface area contributed by atoms with Crippen LogP contribution in [0.5, 0.6) is 5.75 Å². The summed E-state index contributed by atoms with van der Waals surface area (Å²) in [5.41, 5.74) is 1.95. The number of aliphatic hydroxyl groups is 3. The molecule has 4 unspecified atom stereocenters. The van der Waals surface area contributed by atoms with Gasteiger partial charge in [0.25, 0.3) is 5.91 Å². The molecule has 1 aromatic carbocycles. The van der Waals surface area contributed by atoms with Gasteiger partial charge < -0.3 is 30.9 Å². The van der Waals surface area contributed by atoms with Crippen LogP contribution in [-0.2, 0) is 30.3 Å². The van der Waals surface area contributed by atoms with Gasteiger partial charge in [0, 0.05) is 23.8 Å². The molecule has 0 radical (unpaired) electrons. The number of halogens is 1. The summed E-state index contributed by atoms with van der Waals surface area (Å²) in [6, 6.07) is 1.98. The summed E-state index contributed by atoms with van der Waals surface area (Å²) in [4.78, 5) is 54.1. The Labute approximate surface area is 242 Å². The second-order valence-corrected chi connectivity index (χ2v) is 11.7. The molecule has 41 heavy (non-hydrogen) atoms. The fourth-order valence-corrected chi connectivity index (χ4v) is 6.71. The number of primary amides is 1. The van der Waals surface area contributed by atoms with Crippen LogP contribution in [0, 0.1) is 17.8 Å². The first-order valence-electron chi connectivity index (χ1n) is 13.4. The van der Waals surface area contributed by atoms with E-state index >= 15 is 0 Å². The molecule has 6 N–H and O–H groups in total. The van der Waals surface area contributed by atoms with Gasteiger partial charge in [0.15, 0.2) is 11.4 Å². The number of ether oxygens (including phenoxy) is 1. The highest BCUT2D eigenvalue weighted by atomic mass is 35.5. The number of fused-ring (bicyclic) bond motifs is 3. The summed E-state index contributed by atoms with van der Waals surface area (Å²) in [6.07, 6.45) is -1.13. The molecule has 222 valence electrons. The number of alkyl halides is 1. The minimum Gasteiger partial charge on any atom is -0.508 e. The molecule has 11 nitrogen and oxygen atoms in total. The second-order valence-electron chi connectivity index (χ2n) is 11.4. The number of carbonyl (C=O) groups is 4. The molecule has 0 saturated heterocycles. The van der Waals surface area contributed by atoms with E-state index < -0.39 is 81.6 Å². The number of ketones is 2. The van der Waals surface area contributed by atoms with E-state index in [-0.39, 0.29) is 23.7 Å². The molecular formula is C29H35ClN2O9. The lowest BCUT2D eigenvalue weighted by atomic mass is 9.54. The number of hydrogen-bond donors (Lipinski definition) is 5. The van der Waals surface area contributed by atoms with Gasteiger partial charge in [-0.05, 0) is 43.5 Å². The Morgan fingerprint density at radius 2 is 1.83 bits per heavy atom. The predicted molar refractivity (Wildman–Crippen MR) is 148 cm³/mol. The zero-order chi connectivity index (χ0) is 30.7. The molecular weight excluding hydrogens is 556 g/mol. The highest BCUT2D eigenvalue weighted by Crippen LogP contribution is 2.57. The second kappa shape index (κ2) is 10.8. The number of phenolic OH excluding ortho intramolecular Hbond substituents is 1. The lowest BCUT2D eigenvalue weighted by Gasteiger charge is -2.54. The molecule has 0 bridgehead atoms. The van der Waals surface area contributed by atoms with Crippen LogP contribution in [0.15, 0.2) is 29.0 Å². The van der Waals surface area contributed by atoms with E-state index in [1.807, 2.05) is 6.92 Å². The summed E-state index contributed by atoms with van der Waals surface area (Å²) in [5.74, 6) is -9.46. The van der Waals surface area contributed by atoms with E-state index in [1.165, 1.54) is 25.9 Å². The fraction of sp³-hybridized carbons (Fsp3) is 0.517. The fourth-order valence-electron chi connectivity index (χ4n) is 6.60. The number of esters is 1. The Balaban J connectivity index is 2.07. The number of hydrogen-bond acceptors (Lipinski definition) is 10. The van der Waals surface area contributed by atoms with Crippen LogP contribution in [0.25, 0.3) is 5.76 Å². The smallest absolute Gasteiger partial charge is 0.305 e. The zero-order valence-corrected chi connectivity index (χ0v) is 24.2. The number of aromatic hydroxyl groups is 1. The highest BCUT2D eigenvalue weighted by Gasteiger charge is 2.69. The largest absolute Gasteiger partial charge is 0.508 e. The maximum Gasteiger partial charge on any atom is 0.305 e. The maximum absolute atomic E-state index is 14.3. The molecule has 0 heterocycles. The SMILES string of the molecule is CCC(=O)OC1C2C(=C(O)c3c(ccc(CC(C)CCl)c3O)[C@@H]2C)C(=O)[C@]2(O)C(O)=C(C(N)=O)C(=O)[C@@H](N(C)C)C12. The molecule has 4 rings (SSSR count). The van der Waals surface area contributed by atoms with Gasteiger partial charge in [-0.15, -0.1) is 11.6 Å². The van der Waals surface area contributed by atoms with Crippen molar-refractivity contribution in [2.75, 3.05) is 20.0 Å². The number of rotatable bonds is 7. The first-order chi connectivity index (χ1) is 19.1. The van der Waals surface area contributed by atoms with Crippen molar-refractivity contribution in [1.29, 1.82) is 0 Å². The molecule has 0 aromatic heterocycles. The third-order valence-corrected chi connectivity index (χ3v) is 9.10. The van der Waals surface area contributed by atoms with Crippen LogP contribution in [0.4, 0.5) is 0 Å². The number of aliphatic hydroxyl groups excluding tert-OH is 2. The van der Waals surface area contributed by atoms with Crippen LogP contribution in [0.2, 0.25) is 0 Å². The number of nitrogens with zero attached hydrogens (tertiary/aromatic N) is 1. The van der Waals surface area contributed by atoms with Crippen molar-refractivity contribution in [2.45, 2.75) is 57.3 Å². The van der Waals surface area contributed by atoms with E-state index in [2.05, 4.69) is 0 Å². The minimum absolute atomic E-state index is 0.0168. The van der Waals surface area contributed by atoms with Crippen molar-refractivity contribution in [2.24, 2.45) is 23.5 Å². The van der Waals surface area contributed by atoms with Gasteiger partial charge in [0.2, 0.25) is 5.78 Å². The summed E-state index contributed by atoms with van der Waals surface area (Å²) >= 11 is 5.96. The van der Waals surface area contributed by atoms with E-state index in [1.54, 1.807) is 19.1 Å². The molecule has 0 aliphatic heterocycles. The van der Waals surface area contributed by atoms with Gasteiger partial charge in [0.1, 0.15) is 28.9 Å². The standard InChI is InChI=1S/C29H35ClN2O9/c1-6-15(33)41-25-16-12(3)14-8-7-13(9-11(2)10-30)22(34)17(14)23(35)18(16)26(37)29(40)20(25)21(32(4)5)24(36)19(27(29)38)28(31)39/h7-8,11-12,16,20-21,25,34-35,38,40H,6,9-10H2,1-5H3,(H2,31,39)/t11?,12-,16?,20?,21-,25?,29-/m0/s1. The van der Waals surface area contributed by atoms with Crippen molar-refractivity contribution in [1.82, 2.24) is 4.90 Å². The number of likely N-dealkylation sites (N-methyl/N-ethyl adjacent to an activating group) is 1. The maximum atomic E-state index is 14.3. The van der Waals surface area contributed by atoms with Gasteiger partial charge >= 0.3 is 5.97 Å². The summed E-state index contributed by atoms with van der Waals surface area (Å²) < 4.78 is 5.82. The summed E-state index contributed by atoms with van der Waals surface area (Å²) in [7, 11) is 2.94. The van der Waals surface area contributed by atoms with Crippen molar-refractivity contribution in [3.8, 4) is 5.75 Å². The van der Waals surface area contributed by atoms with Crippen molar-refractivity contribution < 1.29 is 44.3 Å². The Kier molecular flexibility index (Phi) is 8.03. The number of Topliss-reactive ketones (excluding diaryl/α,β-unsaturated/α-hetero) is 2. The molecule has 12 heteroatoms. The van der Waals surface area contributed by atoms with Crippen LogP contribution >= 0.6 is 11.6 Å². The summed E-state index contributed by atoms with van der Waals surface area (Å²) in [5, 5.41) is 46.1. The van der Waals surface area contributed by atoms with Crippen molar-refractivity contribution in [3.63, 3.8) is 0 Å². The first-order valence-corrected chi connectivity index (χ1v) is 13.9. The van der Waals surface area contributed by atoms with Crippen LogP contribution in [0.3, 0.4) is 0 Å². The molecule has 3 aliphatic rings. The van der Waals surface area contributed by atoms with Gasteiger partial charge in [-0.1, -0.05) is 32.9 Å². The Morgan fingerprint density at radius 1 is 1.20 bits per heavy atom. The normalized spacial score (nSPS) is 30.1. The third kappa shape index (κ3) is 4.41. The Hall–Kier alpha value is -3.41. The molecule has 0 spiro atoms. The monoisotopic (exact) mass is 590 g/mol. The Bertz CT molecular complexity index is 1400. The number of benzene rings is 1. The molecule has 1 amide bonds. The average molecular weight is 591 g/mol. The average Bonchev–Trinajstić information content (AvgIpc) is 2.90. The van der Waals surface area contributed by atoms with E-state index in [0.717, 1.165) is 0 Å². The molecule has 1 fully saturated rings.